The van der Waals surface area contributed by atoms with Gasteiger partial charge in [0.05, 0.1) is 5.01 Å². The van der Waals surface area contributed by atoms with Crippen molar-refractivity contribution in [3.05, 3.63) is 83.6 Å². The maximum atomic E-state index is 4.05. The summed E-state index contributed by atoms with van der Waals surface area (Å²) in [4.78, 5) is 4.05. The van der Waals surface area contributed by atoms with E-state index in [1.807, 2.05) is 23.7 Å². The van der Waals surface area contributed by atoms with E-state index in [-0.39, 0.29) is 17.0 Å². The van der Waals surface area contributed by atoms with Gasteiger partial charge < -0.3 is 0 Å². The topological polar surface area (TPSA) is 67.3 Å². The van der Waals surface area contributed by atoms with Gasteiger partial charge in [0, 0.05) is 11.6 Å². The first kappa shape index (κ1) is 20.7. The molecular weight excluding hydrogens is 398 g/mol. The second-order valence-electron chi connectivity index (χ2n) is 4.57. The number of aromatic nitrogens is 5. The SMILES string of the molecule is Br.CCc1nccs1.c1ccc(-c2ccccc2)cc1.c1nn[nH]n1. The lowest BCUT2D eigenvalue weighted by Gasteiger charge is -1.98. The maximum Gasteiger partial charge on any atom is 0.161 e. The summed E-state index contributed by atoms with van der Waals surface area (Å²) in [5, 5.41) is 15.4. The third kappa shape index (κ3) is 8.32. The zero-order valence-corrected chi connectivity index (χ0v) is 16.3. The Morgan fingerprint density at radius 2 is 1.52 bits per heavy atom. The number of thiazole rings is 1. The van der Waals surface area contributed by atoms with Crippen LogP contribution in [-0.2, 0) is 6.42 Å². The van der Waals surface area contributed by atoms with Crippen molar-refractivity contribution in [1.29, 1.82) is 0 Å². The van der Waals surface area contributed by atoms with E-state index in [1.165, 1.54) is 22.5 Å². The molecule has 2 aromatic carbocycles. The zero-order chi connectivity index (χ0) is 16.9. The minimum absolute atomic E-state index is 0. The quantitative estimate of drug-likeness (QED) is 0.506. The van der Waals surface area contributed by atoms with Gasteiger partial charge >= 0.3 is 0 Å². The van der Waals surface area contributed by atoms with Crippen LogP contribution < -0.4 is 0 Å². The molecule has 2 aromatic heterocycles. The van der Waals surface area contributed by atoms with Gasteiger partial charge in [-0.1, -0.05) is 72.8 Å². The van der Waals surface area contributed by atoms with E-state index in [1.54, 1.807) is 11.3 Å². The fourth-order valence-electron chi connectivity index (χ4n) is 1.82. The number of rotatable bonds is 2. The van der Waals surface area contributed by atoms with Crippen molar-refractivity contribution in [3.63, 3.8) is 0 Å². The number of benzene rings is 2. The van der Waals surface area contributed by atoms with Gasteiger partial charge in [-0.3, -0.25) is 0 Å². The molecule has 0 saturated heterocycles. The summed E-state index contributed by atoms with van der Waals surface area (Å²) >= 11 is 1.71. The van der Waals surface area contributed by atoms with Crippen LogP contribution in [-0.4, -0.2) is 25.6 Å². The van der Waals surface area contributed by atoms with Crippen LogP contribution in [0, 0.1) is 0 Å². The van der Waals surface area contributed by atoms with Gasteiger partial charge in [-0.15, -0.1) is 38.5 Å². The molecule has 0 spiro atoms. The minimum atomic E-state index is 0. The monoisotopic (exact) mass is 417 g/mol. The van der Waals surface area contributed by atoms with Crippen molar-refractivity contribution in [2.75, 3.05) is 0 Å². The average Bonchev–Trinajstić information content (AvgIpc) is 3.40. The summed E-state index contributed by atoms with van der Waals surface area (Å²) in [5.41, 5.74) is 2.55. The average molecular weight is 418 g/mol. The van der Waals surface area contributed by atoms with Crippen LogP contribution >= 0.6 is 28.3 Å². The number of nitrogens with one attached hydrogen (secondary N) is 1. The van der Waals surface area contributed by atoms with Gasteiger partial charge in [0.2, 0.25) is 0 Å². The highest BCUT2D eigenvalue weighted by molar-refractivity contribution is 8.93. The summed E-state index contributed by atoms with van der Waals surface area (Å²) in [6.45, 7) is 2.11. The molecule has 0 radical (unpaired) electrons. The second kappa shape index (κ2) is 13.0. The van der Waals surface area contributed by atoms with Crippen LogP contribution in [0.15, 0.2) is 78.6 Å². The Labute approximate surface area is 161 Å². The Bertz CT molecular complexity index is 692. The Balaban J connectivity index is 0.000000205. The first-order chi connectivity index (χ1) is 11.9. The molecule has 0 aliphatic rings. The molecule has 0 fully saturated rings. The minimum Gasteiger partial charge on any atom is -0.250 e. The van der Waals surface area contributed by atoms with E-state index in [0.717, 1.165) is 6.42 Å². The van der Waals surface area contributed by atoms with Crippen LogP contribution in [0.1, 0.15) is 11.9 Å². The van der Waals surface area contributed by atoms with Crippen molar-refractivity contribution in [1.82, 2.24) is 25.6 Å². The molecule has 0 aliphatic heterocycles. The van der Waals surface area contributed by atoms with Crippen molar-refractivity contribution < 1.29 is 0 Å². The lowest BCUT2D eigenvalue weighted by Crippen LogP contribution is -1.73. The summed E-state index contributed by atoms with van der Waals surface area (Å²) < 4.78 is 0. The van der Waals surface area contributed by atoms with Gasteiger partial charge in [0.25, 0.3) is 0 Å². The Kier molecular flexibility index (Phi) is 10.7. The fraction of sp³-hybridized carbons (Fsp3) is 0.111. The molecule has 0 aliphatic carbocycles. The first-order valence-electron chi connectivity index (χ1n) is 7.55. The molecule has 4 rings (SSSR count). The molecule has 2 heterocycles. The van der Waals surface area contributed by atoms with Crippen molar-refractivity contribution in [2.24, 2.45) is 0 Å². The van der Waals surface area contributed by atoms with Gasteiger partial charge in [0.1, 0.15) is 0 Å². The molecule has 5 nitrogen and oxygen atoms in total. The molecule has 0 amide bonds. The number of H-pyrrole nitrogens is 1. The molecule has 0 bridgehead atoms. The Hall–Kier alpha value is -2.38. The third-order valence-corrected chi connectivity index (χ3v) is 3.86. The van der Waals surface area contributed by atoms with E-state index in [4.69, 9.17) is 0 Å². The Morgan fingerprint density at radius 1 is 0.920 bits per heavy atom. The number of aryl methyl sites for hydroxylation is 1. The fourth-order valence-corrected chi connectivity index (χ4v) is 2.39. The standard InChI is InChI=1S/C12H10.C5H7NS.CH2N4.BrH/c1-3-7-11(8-4-1)12-9-5-2-6-10-12;1-2-5-6-3-4-7-5;1-2-4-5-3-1;/h1-10H;3-4H,2H2,1H3;1H,(H,2,3,4,5);1H. The largest absolute Gasteiger partial charge is 0.250 e. The van der Waals surface area contributed by atoms with Crippen LogP contribution in [0.3, 0.4) is 0 Å². The number of halogens is 1. The number of hydrogen-bond acceptors (Lipinski definition) is 5. The lowest BCUT2D eigenvalue weighted by molar-refractivity contribution is 0.881. The molecule has 25 heavy (non-hydrogen) atoms. The van der Waals surface area contributed by atoms with E-state index in [9.17, 15) is 0 Å². The lowest BCUT2D eigenvalue weighted by atomic mass is 10.1. The molecule has 0 atom stereocenters. The first-order valence-corrected chi connectivity index (χ1v) is 8.43. The summed E-state index contributed by atoms with van der Waals surface area (Å²) in [6.07, 6.45) is 4.24. The normalized spacial score (nSPS) is 8.84. The number of nitrogens with zero attached hydrogens (tertiary/aromatic N) is 4. The smallest absolute Gasteiger partial charge is 0.161 e. The molecule has 7 heteroatoms. The van der Waals surface area contributed by atoms with Crippen LogP contribution in [0.2, 0.25) is 0 Å². The molecule has 4 aromatic rings. The summed E-state index contributed by atoms with van der Waals surface area (Å²) in [5.74, 6) is 0. The highest BCUT2D eigenvalue weighted by Gasteiger charge is 1.91. The predicted octanol–water partition coefficient (Wildman–Crippen LogP) is 4.84. The summed E-state index contributed by atoms with van der Waals surface area (Å²) in [6, 6.07) is 20.8. The highest BCUT2D eigenvalue weighted by atomic mass is 79.9. The van der Waals surface area contributed by atoms with Crippen molar-refractivity contribution in [3.8, 4) is 11.1 Å². The van der Waals surface area contributed by atoms with Crippen LogP contribution in [0.4, 0.5) is 0 Å². The van der Waals surface area contributed by atoms with Crippen LogP contribution in [0.5, 0.6) is 0 Å². The van der Waals surface area contributed by atoms with E-state index >= 15 is 0 Å². The molecule has 0 saturated carbocycles. The van der Waals surface area contributed by atoms with Gasteiger partial charge in [0.15, 0.2) is 6.33 Å². The van der Waals surface area contributed by atoms with Gasteiger partial charge in [-0.2, -0.15) is 5.21 Å². The number of hydrogen-bond donors (Lipinski definition) is 1. The van der Waals surface area contributed by atoms with Crippen LogP contribution in [0.25, 0.3) is 11.1 Å². The Morgan fingerprint density at radius 3 is 1.80 bits per heavy atom. The van der Waals surface area contributed by atoms with E-state index in [2.05, 4.69) is 81.1 Å². The summed E-state index contributed by atoms with van der Waals surface area (Å²) in [7, 11) is 0. The molecular formula is C18H20BrN5S. The third-order valence-electron chi connectivity index (χ3n) is 2.94. The maximum absolute atomic E-state index is 4.05. The number of aromatic amines is 1. The second-order valence-corrected chi connectivity index (χ2v) is 5.55. The van der Waals surface area contributed by atoms with E-state index in [0.29, 0.717) is 0 Å². The van der Waals surface area contributed by atoms with Gasteiger partial charge in [-0.25, -0.2) is 4.98 Å². The molecule has 130 valence electrons. The number of tetrazole rings is 1. The molecule has 0 unspecified atom stereocenters. The molecule has 1 N–H and O–H groups in total. The predicted molar refractivity (Wildman–Crippen MR) is 108 cm³/mol. The zero-order valence-electron chi connectivity index (χ0n) is 13.8. The highest BCUT2D eigenvalue weighted by Crippen LogP contribution is 2.17. The van der Waals surface area contributed by atoms with Crippen molar-refractivity contribution in [2.45, 2.75) is 13.3 Å². The van der Waals surface area contributed by atoms with Crippen molar-refractivity contribution >= 4 is 28.3 Å². The van der Waals surface area contributed by atoms with E-state index < -0.39 is 0 Å². The van der Waals surface area contributed by atoms with Gasteiger partial charge in [-0.05, 0) is 17.5 Å².